The normalized spacial score (nSPS) is 20.9. The predicted molar refractivity (Wildman–Crippen MR) is 98.9 cm³/mol. The first kappa shape index (κ1) is 17.5. The van der Waals surface area contributed by atoms with E-state index in [4.69, 9.17) is 0 Å². The molecule has 2 N–H and O–H groups in total. The van der Waals surface area contributed by atoms with Crippen LogP contribution in [0.25, 0.3) is 0 Å². The highest BCUT2D eigenvalue weighted by atomic mass is 32.2. The first-order valence-corrected chi connectivity index (χ1v) is 10.0. The van der Waals surface area contributed by atoms with Crippen LogP contribution in [0.2, 0.25) is 0 Å². The van der Waals surface area contributed by atoms with Crippen molar-refractivity contribution in [3.63, 3.8) is 0 Å². The number of aryl methyl sites for hydroxylation is 2. The summed E-state index contributed by atoms with van der Waals surface area (Å²) in [4.78, 5) is 29.8. The topological polar surface area (TPSA) is 65.2 Å². The van der Waals surface area contributed by atoms with Crippen molar-refractivity contribution in [2.45, 2.75) is 51.6 Å². The van der Waals surface area contributed by atoms with Crippen LogP contribution in [0.3, 0.4) is 0 Å². The van der Waals surface area contributed by atoms with E-state index in [9.17, 15) is 9.59 Å². The lowest BCUT2D eigenvalue weighted by Gasteiger charge is -2.39. The Morgan fingerprint density at radius 1 is 1.21 bits per heavy atom. The lowest BCUT2D eigenvalue weighted by atomic mass is 10.0. The molecule has 0 spiro atoms. The second kappa shape index (κ2) is 7.74. The van der Waals surface area contributed by atoms with Crippen LogP contribution in [0, 0.1) is 13.8 Å². The van der Waals surface area contributed by atoms with Crippen molar-refractivity contribution in [1.82, 2.24) is 15.2 Å². The van der Waals surface area contributed by atoms with E-state index in [-0.39, 0.29) is 23.1 Å². The van der Waals surface area contributed by atoms with Crippen LogP contribution in [-0.4, -0.2) is 52.5 Å². The lowest BCUT2D eigenvalue weighted by Crippen LogP contribution is -2.49. The molecular formula is C18H27N3O2S. The van der Waals surface area contributed by atoms with Crippen molar-refractivity contribution in [2.24, 2.45) is 0 Å². The standard InChI is InChI=1S/C18H27N3O2S/c1-12-11-16(17(22)19-13(12)2)18(23)20-14-3-7-21(8-4-14)15-5-9-24-10-6-15/h11,14-15H,3-10H2,1-2H3,(H,19,22)(H,20,23). The number of aromatic amines is 1. The van der Waals surface area contributed by atoms with Gasteiger partial charge in [-0.3, -0.25) is 9.59 Å². The molecule has 1 aromatic rings. The van der Waals surface area contributed by atoms with Gasteiger partial charge in [-0.2, -0.15) is 11.8 Å². The summed E-state index contributed by atoms with van der Waals surface area (Å²) in [6, 6.07) is 2.59. The molecule has 0 aliphatic carbocycles. The highest BCUT2D eigenvalue weighted by molar-refractivity contribution is 7.99. The molecule has 1 amide bonds. The zero-order chi connectivity index (χ0) is 17.1. The summed E-state index contributed by atoms with van der Waals surface area (Å²) < 4.78 is 0. The molecule has 2 fully saturated rings. The molecule has 0 bridgehead atoms. The highest BCUT2D eigenvalue weighted by Gasteiger charge is 2.27. The van der Waals surface area contributed by atoms with E-state index >= 15 is 0 Å². The fourth-order valence-electron chi connectivity index (χ4n) is 3.62. The van der Waals surface area contributed by atoms with Crippen molar-refractivity contribution in [3.05, 3.63) is 33.2 Å². The Bertz CT molecular complexity index is 644. The summed E-state index contributed by atoms with van der Waals surface area (Å²) >= 11 is 2.06. The first-order valence-electron chi connectivity index (χ1n) is 8.88. The maximum Gasteiger partial charge on any atom is 0.261 e. The largest absolute Gasteiger partial charge is 0.349 e. The van der Waals surface area contributed by atoms with Crippen LogP contribution in [0.1, 0.15) is 47.3 Å². The van der Waals surface area contributed by atoms with Gasteiger partial charge in [0.2, 0.25) is 0 Å². The molecule has 6 heteroatoms. The Balaban J connectivity index is 1.55. The fraction of sp³-hybridized carbons (Fsp3) is 0.667. The van der Waals surface area contributed by atoms with Crippen molar-refractivity contribution in [2.75, 3.05) is 24.6 Å². The van der Waals surface area contributed by atoms with Gasteiger partial charge in [-0.05, 0) is 62.7 Å². The third kappa shape index (κ3) is 4.03. The molecular weight excluding hydrogens is 322 g/mol. The Labute approximate surface area is 147 Å². The number of pyridine rings is 1. The number of hydrogen-bond donors (Lipinski definition) is 2. The molecule has 3 heterocycles. The van der Waals surface area contributed by atoms with Gasteiger partial charge in [-0.25, -0.2) is 0 Å². The molecule has 0 aromatic carbocycles. The number of thioether (sulfide) groups is 1. The minimum absolute atomic E-state index is 0.174. The molecule has 2 saturated heterocycles. The van der Waals surface area contributed by atoms with Gasteiger partial charge >= 0.3 is 0 Å². The van der Waals surface area contributed by atoms with E-state index in [2.05, 4.69) is 27.0 Å². The molecule has 2 aliphatic heterocycles. The van der Waals surface area contributed by atoms with Crippen molar-refractivity contribution < 1.29 is 4.79 Å². The number of nitrogens with zero attached hydrogens (tertiary/aromatic N) is 1. The van der Waals surface area contributed by atoms with E-state index in [0.717, 1.165) is 43.2 Å². The van der Waals surface area contributed by atoms with Crippen LogP contribution in [0.5, 0.6) is 0 Å². The zero-order valence-electron chi connectivity index (χ0n) is 14.6. The summed E-state index contributed by atoms with van der Waals surface area (Å²) in [7, 11) is 0. The number of piperidine rings is 1. The highest BCUT2D eigenvalue weighted by Crippen LogP contribution is 2.24. The van der Waals surface area contributed by atoms with Crippen LogP contribution in [0.4, 0.5) is 0 Å². The minimum atomic E-state index is -0.298. The van der Waals surface area contributed by atoms with E-state index in [1.165, 1.54) is 24.3 Å². The molecule has 5 nitrogen and oxygen atoms in total. The van der Waals surface area contributed by atoms with Crippen molar-refractivity contribution in [1.29, 1.82) is 0 Å². The second-order valence-electron chi connectivity index (χ2n) is 6.95. The Kier molecular flexibility index (Phi) is 5.66. The number of carbonyl (C=O) groups is 1. The quantitative estimate of drug-likeness (QED) is 0.877. The average Bonchev–Trinajstić information content (AvgIpc) is 2.59. The van der Waals surface area contributed by atoms with E-state index in [0.29, 0.717) is 0 Å². The lowest BCUT2D eigenvalue weighted by molar-refractivity contribution is 0.0885. The Hall–Kier alpha value is -1.27. The Morgan fingerprint density at radius 3 is 2.54 bits per heavy atom. The number of H-pyrrole nitrogens is 1. The molecule has 0 saturated carbocycles. The number of hydrogen-bond acceptors (Lipinski definition) is 4. The number of amides is 1. The van der Waals surface area contributed by atoms with Gasteiger partial charge in [0.25, 0.3) is 11.5 Å². The van der Waals surface area contributed by atoms with Crippen LogP contribution >= 0.6 is 11.8 Å². The number of likely N-dealkylation sites (tertiary alicyclic amines) is 1. The molecule has 24 heavy (non-hydrogen) atoms. The molecule has 0 radical (unpaired) electrons. The van der Waals surface area contributed by atoms with Gasteiger partial charge in [0.1, 0.15) is 5.56 Å². The van der Waals surface area contributed by atoms with E-state index in [1.54, 1.807) is 6.07 Å². The van der Waals surface area contributed by atoms with Crippen LogP contribution in [0.15, 0.2) is 10.9 Å². The molecule has 2 aliphatic rings. The minimum Gasteiger partial charge on any atom is -0.349 e. The summed E-state index contributed by atoms with van der Waals surface area (Å²) in [6.07, 6.45) is 4.52. The molecule has 0 unspecified atom stereocenters. The summed E-state index contributed by atoms with van der Waals surface area (Å²) in [5, 5.41) is 3.06. The van der Waals surface area contributed by atoms with Gasteiger partial charge in [-0.1, -0.05) is 0 Å². The van der Waals surface area contributed by atoms with Crippen LogP contribution < -0.4 is 10.9 Å². The maximum atomic E-state index is 12.4. The molecule has 1 aromatic heterocycles. The number of carbonyl (C=O) groups excluding carboxylic acids is 1. The van der Waals surface area contributed by atoms with Gasteiger partial charge in [0.05, 0.1) is 0 Å². The summed E-state index contributed by atoms with van der Waals surface area (Å²) in [5.74, 6) is 2.31. The van der Waals surface area contributed by atoms with E-state index in [1.807, 2.05) is 13.8 Å². The SMILES string of the molecule is Cc1cc(C(=O)NC2CCN(C3CCSCC3)CC2)c(=O)[nH]c1C. The fourth-order valence-corrected chi connectivity index (χ4v) is 4.70. The molecule has 3 rings (SSSR count). The number of rotatable bonds is 3. The monoisotopic (exact) mass is 349 g/mol. The molecule has 132 valence electrons. The smallest absolute Gasteiger partial charge is 0.261 e. The maximum absolute atomic E-state index is 12.4. The summed E-state index contributed by atoms with van der Waals surface area (Å²) in [6.45, 7) is 5.84. The van der Waals surface area contributed by atoms with Gasteiger partial charge in [0.15, 0.2) is 0 Å². The molecule has 0 atom stereocenters. The number of aromatic nitrogens is 1. The van der Waals surface area contributed by atoms with Crippen LogP contribution in [-0.2, 0) is 0 Å². The van der Waals surface area contributed by atoms with Gasteiger partial charge < -0.3 is 15.2 Å². The zero-order valence-corrected chi connectivity index (χ0v) is 15.4. The first-order chi connectivity index (χ1) is 11.5. The van der Waals surface area contributed by atoms with Gasteiger partial charge in [0, 0.05) is 30.9 Å². The van der Waals surface area contributed by atoms with Crippen molar-refractivity contribution in [3.8, 4) is 0 Å². The Morgan fingerprint density at radius 2 is 1.88 bits per heavy atom. The van der Waals surface area contributed by atoms with E-state index < -0.39 is 0 Å². The van der Waals surface area contributed by atoms with Gasteiger partial charge in [-0.15, -0.1) is 0 Å². The second-order valence-corrected chi connectivity index (χ2v) is 8.17. The third-order valence-electron chi connectivity index (χ3n) is 5.31. The van der Waals surface area contributed by atoms with Crippen molar-refractivity contribution >= 4 is 17.7 Å². The third-order valence-corrected chi connectivity index (χ3v) is 6.36. The average molecular weight is 350 g/mol. The summed E-state index contributed by atoms with van der Waals surface area (Å²) in [5.41, 5.74) is 1.68. The number of nitrogens with one attached hydrogen (secondary N) is 2. The predicted octanol–water partition coefficient (Wildman–Crippen LogP) is 2.08.